The Kier molecular flexibility index (Phi) is 8.88. The number of hydrogen-bond acceptors (Lipinski definition) is 9. The van der Waals surface area contributed by atoms with E-state index in [1.165, 1.54) is 12.1 Å². The van der Waals surface area contributed by atoms with Gasteiger partial charge in [-0.3, -0.25) is 9.69 Å². The number of halogens is 3. The number of alkyl halides is 3. The maximum atomic E-state index is 12.6. The van der Waals surface area contributed by atoms with Crippen LogP contribution in [0.1, 0.15) is 29.5 Å². The minimum Gasteiger partial charge on any atom is -0.489 e. The van der Waals surface area contributed by atoms with Gasteiger partial charge in [0.15, 0.2) is 0 Å². The van der Waals surface area contributed by atoms with Gasteiger partial charge in [0.1, 0.15) is 18.2 Å². The molecule has 2 fully saturated rings. The van der Waals surface area contributed by atoms with Crippen LogP contribution in [0.2, 0.25) is 0 Å². The van der Waals surface area contributed by atoms with Crippen LogP contribution in [0.25, 0.3) is 11.3 Å². The summed E-state index contributed by atoms with van der Waals surface area (Å²) in [6.07, 6.45) is 2.83. The topological polar surface area (TPSA) is 114 Å². The van der Waals surface area contributed by atoms with Crippen molar-refractivity contribution >= 4 is 29.5 Å². The molecule has 0 atom stereocenters. The maximum Gasteiger partial charge on any atom is 0.446 e. The number of ether oxygens (including phenoxy) is 2. The third-order valence-corrected chi connectivity index (χ3v) is 9.16. The summed E-state index contributed by atoms with van der Waals surface area (Å²) in [5.74, 6) is 0.806. The summed E-state index contributed by atoms with van der Waals surface area (Å²) in [7, 11) is 0. The third kappa shape index (κ3) is 7.22. The van der Waals surface area contributed by atoms with Gasteiger partial charge in [-0.1, -0.05) is 12.1 Å². The molecule has 3 aromatic rings. The standard InChI is InChI=1S/C31H34F3N5O4S/c32-31(33,34)44-24-5-1-19(2-6-24)18-43-22-4-8-25-20(15-22)3-7-26-27(25)36-30(35)37-28(26)39-11-9-38(10-12-39)13-14-42-23-16-21(17-23)29(40)41/h1-2,4-6,8,15,21,23H,3,7,9-14,16-18H2,(H,40,41)(H2,35,36,37). The van der Waals surface area contributed by atoms with Crippen LogP contribution in [0.3, 0.4) is 0 Å². The number of nitrogens with two attached hydrogens (primary N) is 1. The number of benzene rings is 2. The van der Waals surface area contributed by atoms with Crippen LogP contribution in [-0.2, 0) is 29.0 Å². The zero-order chi connectivity index (χ0) is 30.8. The zero-order valence-electron chi connectivity index (χ0n) is 24.1. The quantitative estimate of drug-likeness (QED) is 0.297. The number of carboxylic acid groups (broad SMARTS) is 1. The molecular formula is C31H34F3N5O4S. The van der Waals surface area contributed by atoms with Crippen molar-refractivity contribution in [3.05, 3.63) is 59.2 Å². The fourth-order valence-corrected chi connectivity index (χ4v) is 6.49. The number of thioether (sulfide) groups is 1. The van der Waals surface area contributed by atoms with Crippen LogP contribution in [0, 0.1) is 5.92 Å². The predicted octanol–water partition coefficient (Wildman–Crippen LogP) is 5.02. The molecule has 1 saturated heterocycles. The number of rotatable bonds is 10. The Morgan fingerprint density at radius 1 is 1.05 bits per heavy atom. The summed E-state index contributed by atoms with van der Waals surface area (Å²) < 4.78 is 49.6. The largest absolute Gasteiger partial charge is 0.489 e. The lowest BCUT2D eigenvalue weighted by atomic mass is 9.82. The molecule has 13 heteroatoms. The second kappa shape index (κ2) is 12.8. The molecule has 234 valence electrons. The second-order valence-corrected chi connectivity index (χ2v) is 12.5. The smallest absolute Gasteiger partial charge is 0.446 e. The Morgan fingerprint density at radius 2 is 1.80 bits per heavy atom. The average molecular weight is 630 g/mol. The fourth-order valence-electron chi connectivity index (χ4n) is 5.95. The summed E-state index contributed by atoms with van der Waals surface area (Å²) in [6, 6.07) is 12.1. The number of carbonyl (C=O) groups is 1. The summed E-state index contributed by atoms with van der Waals surface area (Å²) in [5, 5.41) is 9.02. The van der Waals surface area contributed by atoms with Crippen molar-refractivity contribution < 1.29 is 32.5 Å². The van der Waals surface area contributed by atoms with Gasteiger partial charge in [-0.2, -0.15) is 18.2 Å². The monoisotopic (exact) mass is 629 g/mol. The number of anilines is 2. The molecule has 44 heavy (non-hydrogen) atoms. The van der Waals surface area contributed by atoms with Crippen molar-refractivity contribution in [3.63, 3.8) is 0 Å². The Hall–Kier alpha value is -3.55. The van der Waals surface area contributed by atoms with E-state index in [4.69, 9.17) is 20.3 Å². The first-order chi connectivity index (χ1) is 21.1. The van der Waals surface area contributed by atoms with Crippen molar-refractivity contribution in [1.82, 2.24) is 14.9 Å². The lowest BCUT2D eigenvalue weighted by molar-refractivity contribution is -0.151. The molecule has 0 amide bonds. The molecule has 1 aliphatic heterocycles. The highest BCUT2D eigenvalue weighted by atomic mass is 32.2. The van der Waals surface area contributed by atoms with Crippen molar-refractivity contribution in [1.29, 1.82) is 0 Å². The van der Waals surface area contributed by atoms with Gasteiger partial charge in [0.05, 0.1) is 24.3 Å². The van der Waals surface area contributed by atoms with E-state index in [-0.39, 0.29) is 41.2 Å². The highest BCUT2D eigenvalue weighted by Gasteiger charge is 2.35. The first-order valence-corrected chi connectivity index (χ1v) is 15.5. The third-order valence-electron chi connectivity index (χ3n) is 8.42. The van der Waals surface area contributed by atoms with E-state index < -0.39 is 11.5 Å². The van der Waals surface area contributed by atoms with Crippen LogP contribution < -0.4 is 15.4 Å². The predicted molar refractivity (Wildman–Crippen MR) is 161 cm³/mol. The maximum absolute atomic E-state index is 12.6. The summed E-state index contributed by atoms with van der Waals surface area (Å²) >= 11 is -0.132. The number of carboxylic acids is 1. The lowest BCUT2D eigenvalue weighted by Gasteiger charge is -2.38. The first kappa shape index (κ1) is 30.5. The van der Waals surface area contributed by atoms with Crippen molar-refractivity contribution in [2.75, 3.05) is 50.0 Å². The van der Waals surface area contributed by atoms with Crippen molar-refractivity contribution in [2.45, 2.75) is 48.8 Å². The number of aryl methyl sites for hydroxylation is 1. The van der Waals surface area contributed by atoms with E-state index in [9.17, 15) is 18.0 Å². The Labute approximate surface area is 257 Å². The Balaban J connectivity index is 1.05. The van der Waals surface area contributed by atoms with Gasteiger partial charge in [-0.05, 0) is 78.9 Å². The number of nitrogen functional groups attached to an aromatic ring is 1. The van der Waals surface area contributed by atoms with Crippen molar-refractivity contribution in [2.24, 2.45) is 5.92 Å². The molecule has 2 aromatic carbocycles. The van der Waals surface area contributed by atoms with E-state index in [0.29, 0.717) is 25.2 Å². The van der Waals surface area contributed by atoms with Gasteiger partial charge in [-0.25, -0.2) is 4.98 Å². The fraction of sp³-hybridized carbons (Fsp3) is 0.452. The van der Waals surface area contributed by atoms with Gasteiger partial charge in [0.25, 0.3) is 0 Å². The molecule has 3 N–H and O–H groups in total. The molecule has 9 nitrogen and oxygen atoms in total. The van der Waals surface area contributed by atoms with E-state index in [1.54, 1.807) is 12.1 Å². The van der Waals surface area contributed by atoms with E-state index >= 15 is 0 Å². The number of hydrogen-bond donors (Lipinski definition) is 2. The lowest BCUT2D eigenvalue weighted by Crippen LogP contribution is -2.48. The average Bonchev–Trinajstić information content (AvgIpc) is 2.96. The van der Waals surface area contributed by atoms with E-state index in [2.05, 4.69) is 19.8 Å². The number of piperazine rings is 1. The first-order valence-electron chi connectivity index (χ1n) is 14.7. The van der Waals surface area contributed by atoms with E-state index in [0.717, 1.165) is 79.3 Å². The number of aromatic nitrogens is 2. The van der Waals surface area contributed by atoms with Gasteiger partial charge in [-0.15, -0.1) is 0 Å². The molecule has 0 bridgehead atoms. The van der Waals surface area contributed by atoms with Crippen LogP contribution in [0.15, 0.2) is 47.4 Å². The highest BCUT2D eigenvalue weighted by Crippen LogP contribution is 2.39. The number of nitrogens with zero attached hydrogens (tertiary/aromatic N) is 4. The summed E-state index contributed by atoms with van der Waals surface area (Å²) in [6.45, 7) is 5.01. The Bertz CT molecular complexity index is 1490. The second-order valence-electron chi connectivity index (χ2n) is 11.4. The molecule has 2 aliphatic carbocycles. The van der Waals surface area contributed by atoms with Gasteiger partial charge >= 0.3 is 11.5 Å². The molecule has 0 radical (unpaired) electrons. The minimum atomic E-state index is -4.31. The van der Waals surface area contributed by atoms with E-state index in [1.807, 2.05) is 18.2 Å². The molecule has 1 saturated carbocycles. The number of fused-ring (bicyclic) bond motifs is 3. The molecule has 0 spiro atoms. The molecule has 0 unspecified atom stereocenters. The van der Waals surface area contributed by atoms with Crippen LogP contribution >= 0.6 is 11.8 Å². The molecular weight excluding hydrogens is 595 g/mol. The van der Waals surface area contributed by atoms with Crippen molar-refractivity contribution in [3.8, 4) is 17.0 Å². The highest BCUT2D eigenvalue weighted by molar-refractivity contribution is 8.00. The summed E-state index contributed by atoms with van der Waals surface area (Å²) in [5.41, 5.74) is 6.70. The van der Waals surface area contributed by atoms with Crippen LogP contribution in [0.5, 0.6) is 5.75 Å². The molecule has 3 aliphatic rings. The van der Waals surface area contributed by atoms with Gasteiger partial charge in [0, 0.05) is 48.7 Å². The van der Waals surface area contributed by atoms with Gasteiger partial charge < -0.3 is 25.2 Å². The Morgan fingerprint density at radius 3 is 2.50 bits per heavy atom. The zero-order valence-corrected chi connectivity index (χ0v) is 24.9. The molecule has 6 rings (SSSR count). The summed E-state index contributed by atoms with van der Waals surface area (Å²) in [4.78, 5) is 25.0. The van der Waals surface area contributed by atoms with Crippen LogP contribution in [-0.4, -0.2) is 76.9 Å². The normalized spacial score (nSPS) is 20.0. The minimum absolute atomic E-state index is 0.0599. The van der Waals surface area contributed by atoms with Gasteiger partial charge in [0.2, 0.25) is 5.95 Å². The SMILES string of the molecule is Nc1nc2c(c(N3CCN(CCOC4CC(C(=O)O)C4)CC3)n1)CCc1cc(OCc3ccc(SC(F)(F)F)cc3)ccc1-2. The molecule has 1 aromatic heterocycles. The molecule has 2 heterocycles. The number of aliphatic carboxylic acids is 1. The van der Waals surface area contributed by atoms with Crippen LogP contribution in [0.4, 0.5) is 24.9 Å².